The minimum atomic E-state index is -0.535. The molecule has 88 valence electrons. The summed E-state index contributed by atoms with van der Waals surface area (Å²) < 4.78 is 5.47. The van der Waals surface area contributed by atoms with Gasteiger partial charge in [-0.2, -0.15) is 0 Å². The first-order valence-electron chi connectivity index (χ1n) is 4.97. The summed E-state index contributed by atoms with van der Waals surface area (Å²) in [6.45, 7) is 1.26. The third kappa shape index (κ3) is 3.43. The number of nitrogens with zero attached hydrogens (tertiary/aromatic N) is 1. The summed E-state index contributed by atoms with van der Waals surface area (Å²) in [6.07, 6.45) is 0. The summed E-state index contributed by atoms with van der Waals surface area (Å²) in [5.41, 5.74) is 11.6. The van der Waals surface area contributed by atoms with Crippen molar-refractivity contribution < 1.29 is 9.53 Å². The normalized spacial score (nSPS) is 10.4. The van der Waals surface area contributed by atoms with E-state index in [9.17, 15) is 4.79 Å². The van der Waals surface area contributed by atoms with Crippen molar-refractivity contribution in [2.24, 2.45) is 5.73 Å². The highest BCUT2D eigenvalue weighted by Crippen LogP contribution is 2.20. The van der Waals surface area contributed by atoms with Crippen LogP contribution >= 0.6 is 0 Å². The lowest BCUT2D eigenvalue weighted by Gasteiger charge is -2.13. The fourth-order valence-corrected chi connectivity index (χ4v) is 1.20. The highest BCUT2D eigenvalue weighted by Gasteiger charge is 2.09. The molecule has 1 aromatic rings. The van der Waals surface area contributed by atoms with E-state index in [0.717, 1.165) is 6.54 Å². The number of benzene rings is 1. The Morgan fingerprint density at radius 1 is 1.44 bits per heavy atom. The molecule has 0 bridgehead atoms. The van der Waals surface area contributed by atoms with Crippen LogP contribution in [0.2, 0.25) is 0 Å². The Kier molecular flexibility index (Phi) is 4.13. The number of rotatable bonds is 5. The summed E-state index contributed by atoms with van der Waals surface area (Å²) in [5, 5.41) is 0. The van der Waals surface area contributed by atoms with E-state index in [-0.39, 0.29) is 0 Å². The van der Waals surface area contributed by atoms with E-state index in [4.69, 9.17) is 16.2 Å². The quantitative estimate of drug-likeness (QED) is 0.704. The summed E-state index contributed by atoms with van der Waals surface area (Å²) in [4.78, 5) is 13.1. The van der Waals surface area contributed by atoms with Crippen LogP contribution in [0.1, 0.15) is 10.4 Å². The number of ether oxygens (including phenoxy) is 1. The molecule has 0 radical (unpaired) electrons. The molecule has 1 rings (SSSR count). The number of primary amides is 1. The van der Waals surface area contributed by atoms with Crippen LogP contribution in [0.25, 0.3) is 0 Å². The Morgan fingerprint density at radius 3 is 2.69 bits per heavy atom. The summed E-state index contributed by atoms with van der Waals surface area (Å²) in [5.74, 6) is -0.0595. The smallest absolute Gasteiger partial charge is 0.252 e. The molecule has 0 aliphatic rings. The van der Waals surface area contributed by atoms with Gasteiger partial charge in [-0.3, -0.25) is 4.79 Å². The second-order valence-corrected chi connectivity index (χ2v) is 3.77. The second kappa shape index (κ2) is 5.37. The summed E-state index contributed by atoms with van der Waals surface area (Å²) in [6, 6.07) is 4.86. The number of amides is 1. The maximum atomic E-state index is 11.1. The number of nitrogens with two attached hydrogens (primary N) is 2. The topological polar surface area (TPSA) is 81.6 Å². The van der Waals surface area contributed by atoms with Gasteiger partial charge in [-0.25, -0.2) is 0 Å². The zero-order chi connectivity index (χ0) is 12.1. The van der Waals surface area contributed by atoms with Crippen molar-refractivity contribution >= 4 is 11.6 Å². The monoisotopic (exact) mass is 223 g/mol. The molecule has 0 unspecified atom stereocenters. The highest BCUT2D eigenvalue weighted by molar-refractivity contribution is 5.96. The highest BCUT2D eigenvalue weighted by atomic mass is 16.5. The molecular formula is C11H17N3O2. The zero-order valence-corrected chi connectivity index (χ0v) is 9.56. The van der Waals surface area contributed by atoms with Crippen molar-refractivity contribution in [2.45, 2.75) is 0 Å². The average Bonchev–Trinajstić information content (AvgIpc) is 2.19. The van der Waals surface area contributed by atoms with E-state index in [1.807, 2.05) is 19.0 Å². The van der Waals surface area contributed by atoms with E-state index in [1.54, 1.807) is 12.1 Å². The number of likely N-dealkylation sites (N-methyl/N-ethyl adjacent to an activating group) is 1. The minimum absolute atomic E-state index is 0.318. The molecule has 0 saturated heterocycles. The molecule has 16 heavy (non-hydrogen) atoms. The maximum absolute atomic E-state index is 11.1. The Hall–Kier alpha value is -1.75. The fourth-order valence-electron chi connectivity index (χ4n) is 1.20. The van der Waals surface area contributed by atoms with E-state index in [2.05, 4.69) is 0 Å². The van der Waals surface area contributed by atoms with Crippen LogP contribution < -0.4 is 16.2 Å². The third-order valence-corrected chi connectivity index (χ3v) is 2.07. The standard InChI is InChI=1S/C11H17N3O2/c1-14(2)5-6-16-10-4-3-8(12)7-9(10)11(13)15/h3-4,7H,5-6,12H2,1-2H3,(H2,13,15). The molecule has 0 heterocycles. The molecular weight excluding hydrogens is 206 g/mol. The van der Waals surface area contributed by atoms with Gasteiger partial charge in [-0.15, -0.1) is 0 Å². The summed E-state index contributed by atoms with van der Waals surface area (Å²) in [7, 11) is 3.89. The SMILES string of the molecule is CN(C)CCOc1ccc(N)cc1C(N)=O. The number of anilines is 1. The van der Waals surface area contributed by atoms with Gasteiger partial charge in [0.15, 0.2) is 0 Å². The Morgan fingerprint density at radius 2 is 2.12 bits per heavy atom. The van der Waals surface area contributed by atoms with Gasteiger partial charge in [0, 0.05) is 12.2 Å². The third-order valence-electron chi connectivity index (χ3n) is 2.07. The Bertz CT molecular complexity index is 377. The van der Waals surface area contributed by atoms with Gasteiger partial charge in [0.1, 0.15) is 12.4 Å². The lowest BCUT2D eigenvalue weighted by atomic mass is 10.1. The van der Waals surface area contributed by atoms with Gasteiger partial charge in [-0.1, -0.05) is 0 Å². The first-order valence-corrected chi connectivity index (χ1v) is 4.97. The number of hydrogen-bond acceptors (Lipinski definition) is 4. The fraction of sp³-hybridized carbons (Fsp3) is 0.364. The minimum Gasteiger partial charge on any atom is -0.491 e. The van der Waals surface area contributed by atoms with Crippen LogP contribution in [0.15, 0.2) is 18.2 Å². The summed E-state index contributed by atoms with van der Waals surface area (Å²) >= 11 is 0. The van der Waals surface area contributed by atoms with Crippen molar-refractivity contribution in [3.8, 4) is 5.75 Å². The van der Waals surface area contributed by atoms with Crippen molar-refractivity contribution in [1.29, 1.82) is 0 Å². The number of hydrogen-bond donors (Lipinski definition) is 2. The molecule has 1 amide bonds. The number of carbonyl (C=O) groups excluding carboxylic acids is 1. The second-order valence-electron chi connectivity index (χ2n) is 3.77. The van der Waals surface area contributed by atoms with Gasteiger partial charge in [0.05, 0.1) is 5.56 Å². The zero-order valence-electron chi connectivity index (χ0n) is 9.56. The molecule has 0 spiro atoms. The average molecular weight is 223 g/mol. The molecule has 5 heteroatoms. The van der Waals surface area contributed by atoms with Gasteiger partial charge >= 0.3 is 0 Å². The molecule has 0 aliphatic carbocycles. The van der Waals surface area contributed by atoms with E-state index in [1.165, 1.54) is 6.07 Å². The Labute approximate surface area is 95.0 Å². The largest absolute Gasteiger partial charge is 0.491 e. The van der Waals surface area contributed by atoms with Crippen molar-refractivity contribution in [1.82, 2.24) is 4.90 Å². The van der Waals surface area contributed by atoms with Gasteiger partial charge in [0.2, 0.25) is 0 Å². The van der Waals surface area contributed by atoms with Crippen LogP contribution in [0, 0.1) is 0 Å². The molecule has 0 saturated carbocycles. The van der Waals surface area contributed by atoms with Crippen LogP contribution in [-0.4, -0.2) is 38.1 Å². The van der Waals surface area contributed by atoms with Crippen LogP contribution in [-0.2, 0) is 0 Å². The van der Waals surface area contributed by atoms with Gasteiger partial charge in [-0.05, 0) is 32.3 Å². The van der Waals surface area contributed by atoms with Crippen molar-refractivity contribution in [3.63, 3.8) is 0 Å². The maximum Gasteiger partial charge on any atom is 0.252 e. The van der Waals surface area contributed by atoms with Crippen LogP contribution in [0.5, 0.6) is 5.75 Å². The molecule has 1 aromatic carbocycles. The van der Waals surface area contributed by atoms with Crippen molar-refractivity contribution in [3.05, 3.63) is 23.8 Å². The lowest BCUT2D eigenvalue weighted by Crippen LogP contribution is -2.21. The predicted octanol–water partition coefficient (Wildman–Crippen LogP) is 0.308. The molecule has 0 aliphatic heterocycles. The molecule has 0 atom stereocenters. The number of carbonyl (C=O) groups is 1. The predicted molar refractivity (Wildman–Crippen MR) is 63.4 cm³/mol. The van der Waals surface area contributed by atoms with Gasteiger partial charge < -0.3 is 21.1 Å². The van der Waals surface area contributed by atoms with Crippen molar-refractivity contribution in [2.75, 3.05) is 33.0 Å². The van der Waals surface area contributed by atoms with E-state index >= 15 is 0 Å². The van der Waals surface area contributed by atoms with Crippen LogP contribution in [0.4, 0.5) is 5.69 Å². The van der Waals surface area contributed by atoms with E-state index in [0.29, 0.717) is 23.6 Å². The first-order chi connectivity index (χ1) is 7.50. The molecule has 0 fully saturated rings. The Balaban J connectivity index is 2.75. The van der Waals surface area contributed by atoms with Gasteiger partial charge in [0.25, 0.3) is 5.91 Å². The van der Waals surface area contributed by atoms with Crippen LogP contribution in [0.3, 0.4) is 0 Å². The molecule has 5 nitrogen and oxygen atoms in total. The molecule has 0 aromatic heterocycles. The van der Waals surface area contributed by atoms with E-state index < -0.39 is 5.91 Å². The number of nitrogen functional groups attached to an aromatic ring is 1. The lowest BCUT2D eigenvalue weighted by molar-refractivity contribution is 0.0996. The first kappa shape index (κ1) is 12.3. The molecule has 4 N–H and O–H groups in total.